The number of rotatable bonds is 6. The van der Waals surface area contributed by atoms with Crippen molar-refractivity contribution in [1.29, 1.82) is 0 Å². The second kappa shape index (κ2) is 8.12. The second-order valence-corrected chi connectivity index (χ2v) is 7.19. The van der Waals surface area contributed by atoms with E-state index in [1.165, 1.54) is 26.0 Å². The number of ketones is 1. The highest BCUT2D eigenvalue weighted by Crippen LogP contribution is 2.18. The Balaban J connectivity index is 2.14. The summed E-state index contributed by atoms with van der Waals surface area (Å²) in [5.74, 6) is -1.47. The molecular weight excluding hydrogens is 374 g/mol. The Morgan fingerprint density at radius 2 is 1.81 bits per heavy atom. The minimum absolute atomic E-state index is 0.00932. The van der Waals surface area contributed by atoms with Gasteiger partial charge in [-0.3, -0.25) is 9.59 Å². The molecule has 144 valence electrons. The van der Waals surface area contributed by atoms with E-state index >= 15 is 0 Å². The van der Waals surface area contributed by atoms with Gasteiger partial charge in [-0.05, 0) is 45.0 Å². The molecular formula is C17H19N3O6S. The van der Waals surface area contributed by atoms with Crippen LogP contribution in [-0.2, 0) is 24.5 Å². The van der Waals surface area contributed by atoms with Crippen LogP contribution in [0, 0.1) is 0 Å². The van der Waals surface area contributed by atoms with Crippen LogP contribution in [0.3, 0.4) is 0 Å². The molecule has 2 rings (SSSR count). The Hall–Kier alpha value is -3.01. The van der Waals surface area contributed by atoms with E-state index in [-0.39, 0.29) is 23.7 Å². The highest BCUT2D eigenvalue weighted by atomic mass is 32.2. The van der Waals surface area contributed by atoms with Gasteiger partial charge in [0.2, 0.25) is 5.91 Å². The Morgan fingerprint density at radius 1 is 1.19 bits per heavy atom. The van der Waals surface area contributed by atoms with Crippen molar-refractivity contribution in [2.75, 3.05) is 18.5 Å². The van der Waals surface area contributed by atoms with Gasteiger partial charge >= 0.3 is 16.2 Å². The first-order valence-electron chi connectivity index (χ1n) is 8.02. The number of amides is 1. The van der Waals surface area contributed by atoms with Crippen LogP contribution in [0.2, 0.25) is 0 Å². The van der Waals surface area contributed by atoms with Gasteiger partial charge in [-0.1, -0.05) is 0 Å². The molecule has 1 N–H and O–H groups in total. The number of nitrogens with zero attached hydrogens (tertiary/aromatic N) is 2. The zero-order chi connectivity index (χ0) is 20.2. The largest absolute Gasteiger partial charge is 0.462 e. The summed E-state index contributed by atoms with van der Waals surface area (Å²) in [6.45, 7) is 3.95. The number of esters is 1. The van der Waals surface area contributed by atoms with Gasteiger partial charge in [-0.15, -0.1) is 4.40 Å². The quantitative estimate of drug-likeness (QED) is 0.574. The summed E-state index contributed by atoms with van der Waals surface area (Å²) in [5, 5.41) is 2.52. The molecule has 0 unspecified atom stereocenters. The first kappa shape index (κ1) is 20.3. The van der Waals surface area contributed by atoms with Gasteiger partial charge in [0.1, 0.15) is 6.54 Å². The van der Waals surface area contributed by atoms with Gasteiger partial charge in [0.15, 0.2) is 5.78 Å². The summed E-state index contributed by atoms with van der Waals surface area (Å²) >= 11 is 0. The molecule has 0 radical (unpaired) electrons. The molecule has 9 nitrogen and oxygen atoms in total. The third-order valence-electron chi connectivity index (χ3n) is 3.58. The van der Waals surface area contributed by atoms with Gasteiger partial charge in [0, 0.05) is 17.5 Å². The molecule has 27 heavy (non-hydrogen) atoms. The van der Waals surface area contributed by atoms with E-state index in [4.69, 9.17) is 4.74 Å². The van der Waals surface area contributed by atoms with Crippen molar-refractivity contribution in [2.45, 2.75) is 20.8 Å². The summed E-state index contributed by atoms with van der Waals surface area (Å²) < 4.78 is 33.3. The lowest BCUT2D eigenvalue weighted by Crippen LogP contribution is -2.37. The fourth-order valence-corrected chi connectivity index (χ4v) is 3.31. The van der Waals surface area contributed by atoms with E-state index < -0.39 is 28.6 Å². The fraction of sp³-hybridized carbons (Fsp3) is 0.294. The summed E-state index contributed by atoms with van der Waals surface area (Å²) in [6.07, 6.45) is 1.04. The predicted molar refractivity (Wildman–Crippen MR) is 98.5 cm³/mol. The van der Waals surface area contributed by atoms with Crippen LogP contribution in [0.1, 0.15) is 31.1 Å². The number of hydrogen-bond acceptors (Lipinski definition) is 6. The number of carbonyl (C=O) groups is 3. The summed E-state index contributed by atoms with van der Waals surface area (Å²) in [6, 6.07) is 6.15. The van der Waals surface area contributed by atoms with Gasteiger partial charge < -0.3 is 10.1 Å². The van der Waals surface area contributed by atoms with Crippen molar-refractivity contribution in [1.82, 2.24) is 4.31 Å². The van der Waals surface area contributed by atoms with Crippen LogP contribution in [0.25, 0.3) is 0 Å². The van der Waals surface area contributed by atoms with Crippen LogP contribution < -0.4 is 5.32 Å². The molecule has 10 heteroatoms. The predicted octanol–water partition coefficient (Wildman–Crippen LogP) is 1.30. The van der Waals surface area contributed by atoms with E-state index in [9.17, 15) is 22.8 Å². The van der Waals surface area contributed by atoms with E-state index in [1.807, 2.05) is 0 Å². The molecule has 1 amide bonds. The highest BCUT2D eigenvalue weighted by Gasteiger charge is 2.30. The maximum atomic E-state index is 12.2. The fourth-order valence-electron chi connectivity index (χ4n) is 2.25. The van der Waals surface area contributed by atoms with Crippen LogP contribution in [0.4, 0.5) is 5.69 Å². The monoisotopic (exact) mass is 393 g/mol. The van der Waals surface area contributed by atoms with Crippen molar-refractivity contribution in [2.24, 2.45) is 4.40 Å². The van der Waals surface area contributed by atoms with Crippen LogP contribution in [0.5, 0.6) is 0 Å². The van der Waals surface area contributed by atoms with E-state index in [0.717, 1.165) is 6.20 Å². The smallest absolute Gasteiger partial charge is 0.344 e. The van der Waals surface area contributed by atoms with E-state index in [2.05, 4.69) is 9.71 Å². The second-order valence-electron chi connectivity index (χ2n) is 5.64. The van der Waals surface area contributed by atoms with Crippen molar-refractivity contribution < 1.29 is 27.5 Å². The SMILES string of the molecule is CCOC(=O)C1=CN(CC(=O)Nc2ccc(C(C)=O)cc2)S(=O)(=O)N=C1C. The first-order valence-corrected chi connectivity index (χ1v) is 9.42. The lowest BCUT2D eigenvalue weighted by molar-refractivity contribution is -0.138. The highest BCUT2D eigenvalue weighted by molar-refractivity contribution is 7.88. The lowest BCUT2D eigenvalue weighted by atomic mass is 10.1. The molecule has 1 heterocycles. The molecule has 1 aliphatic rings. The summed E-state index contributed by atoms with van der Waals surface area (Å²) in [7, 11) is -4.13. The number of ether oxygens (including phenoxy) is 1. The Morgan fingerprint density at radius 3 is 2.37 bits per heavy atom. The molecule has 0 saturated carbocycles. The number of benzene rings is 1. The molecule has 0 aliphatic carbocycles. The average molecular weight is 393 g/mol. The summed E-state index contributed by atoms with van der Waals surface area (Å²) in [4.78, 5) is 35.4. The molecule has 0 fully saturated rings. The molecule has 0 saturated heterocycles. The van der Waals surface area contributed by atoms with Gasteiger partial charge in [-0.25, -0.2) is 9.10 Å². The standard InChI is InChI=1S/C17H19N3O6S/c1-4-26-17(23)15-9-20(27(24,25)19-11(15)2)10-16(22)18-14-7-5-13(6-8-14)12(3)21/h5-9H,4,10H2,1-3H3,(H,18,22). The van der Waals surface area contributed by atoms with E-state index in [0.29, 0.717) is 15.6 Å². The third kappa shape index (κ3) is 5.00. The minimum atomic E-state index is -4.13. The summed E-state index contributed by atoms with van der Waals surface area (Å²) in [5.41, 5.74) is 0.835. The molecule has 0 spiro atoms. The van der Waals surface area contributed by atoms with Crippen LogP contribution in [-0.4, -0.2) is 49.2 Å². The number of hydrogen-bond donors (Lipinski definition) is 1. The zero-order valence-corrected chi connectivity index (χ0v) is 15.9. The normalized spacial score (nSPS) is 15.4. The van der Waals surface area contributed by atoms with Crippen LogP contribution >= 0.6 is 0 Å². The van der Waals surface area contributed by atoms with Gasteiger partial charge in [0.05, 0.1) is 17.9 Å². The Labute approximate surface area is 156 Å². The van der Waals surface area contributed by atoms with E-state index in [1.54, 1.807) is 19.1 Å². The van der Waals surface area contributed by atoms with Crippen molar-refractivity contribution in [3.63, 3.8) is 0 Å². The molecule has 0 atom stereocenters. The van der Waals surface area contributed by atoms with Crippen molar-refractivity contribution in [3.05, 3.63) is 41.6 Å². The molecule has 0 aromatic heterocycles. The maximum absolute atomic E-state index is 12.2. The lowest BCUT2D eigenvalue weighted by Gasteiger charge is -2.22. The number of nitrogens with one attached hydrogen (secondary N) is 1. The maximum Gasteiger partial charge on any atom is 0.344 e. The average Bonchev–Trinajstić information content (AvgIpc) is 2.57. The third-order valence-corrected chi connectivity index (χ3v) is 4.91. The molecule has 1 aliphatic heterocycles. The molecule has 0 bridgehead atoms. The topological polar surface area (TPSA) is 122 Å². The van der Waals surface area contributed by atoms with Crippen LogP contribution in [0.15, 0.2) is 40.4 Å². The zero-order valence-electron chi connectivity index (χ0n) is 15.1. The molecule has 1 aromatic rings. The molecule has 1 aromatic carbocycles. The minimum Gasteiger partial charge on any atom is -0.462 e. The van der Waals surface area contributed by atoms with Crippen molar-refractivity contribution >= 4 is 39.3 Å². The van der Waals surface area contributed by atoms with Gasteiger partial charge in [-0.2, -0.15) is 8.42 Å². The van der Waals surface area contributed by atoms with Crippen molar-refractivity contribution in [3.8, 4) is 0 Å². The van der Waals surface area contributed by atoms with Gasteiger partial charge in [0.25, 0.3) is 0 Å². The number of anilines is 1. The first-order chi connectivity index (χ1) is 12.6. The Kier molecular flexibility index (Phi) is 6.11. The Bertz CT molecular complexity index is 932. The number of carbonyl (C=O) groups excluding carboxylic acids is 3. The number of Topliss-reactive ketones (excluding diaryl/α,β-unsaturated/α-hetero) is 1.